The van der Waals surface area contributed by atoms with Crippen LogP contribution in [0.4, 0.5) is 5.69 Å². The summed E-state index contributed by atoms with van der Waals surface area (Å²) >= 11 is 0. The molecule has 0 fully saturated rings. The van der Waals surface area contributed by atoms with Gasteiger partial charge in [0.1, 0.15) is 5.75 Å². The smallest absolute Gasteiger partial charge is 0.128 e. The van der Waals surface area contributed by atoms with Gasteiger partial charge >= 0.3 is 0 Å². The first kappa shape index (κ1) is 11.0. The van der Waals surface area contributed by atoms with Crippen LogP contribution >= 0.6 is 0 Å². The first-order valence-electron chi connectivity index (χ1n) is 5.56. The van der Waals surface area contributed by atoms with E-state index >= 15 is 0 Å². The molecule has 0 atom stereocenters. The van der Waals surface area contributed by atoms with Crippen molar-refractivity contribution < 1.29 is 4.74 Å². The molecule has 3 heteroatoms. The summed E-state index contributed by atoms with van der Waals surface area (Å²) in [5.74, 6) is 0.872. The van der Waals surface area contributed by atoms with Gasteiger partial charge in [-0.1, -0.05) is 6.08 Å². The predicted octanol–water partition coefficient (Wildman–Crippen LogP) is 1.96. The van der Waals surface area contributed by atoms with Crippen LogP contribution in [0.25, 0.3) is 5.57 Å². The van der Waals surface area contributed by atoms with Crippen molar-refractivity contribution in [2.24, 2.45) is 0 Å². The summed E-state index contributed by atoms with van der Waals surface area (Å²) < 4.78 is 5.39. The minimum atomic E-state index is 0.787. The van der Waals surface area contributed by atoms with Crippen LogP contribution < -0.4 is 15.8 Å². The molecule has 0 spiro atoms. The van der Waals surface area contributed by atoms with Gasteiger partial charge in [-0.05, 0) is 37.1 Å². The van der Waals surface area contributed by atoms with Crippen molar-refractivity contribution in [1.29, 1.82) is 0 Å². The van der Waals surface area contributed by atoms with Crippen LogP contribution in [0.2, 0.25) is 0 Å². The number of aryl methyl sites for hydroxylation is 1. The molecule has 16 heavy (non-hydrogen) atoms. The minimum absolute atomic E-state index is 0.787. The lowest BCUT2D eigenvalue weighted by Crippen LogP contribution is -2.20. The molecule has 3 N–H and O–H groups in total. The average molecular weight is 218 g/mol. The van der Waals surface area contributed by atoms with Gasteiger partial charge in [0.25, 0.3) is 0 Å². The quantitative estimate of drug-likeness (QED) is 0.746. The number of rotatable bonds is 2. The van der Waals surface area contributed by atoms with E-state index in [4.69, 9.17) is 10.5 Å². The summed E-state index contributed by atoms with van der Waals surface area (Å²) in [5.41, 5.74) is 10.3. The maximum atomic E-state index is 5.88. The van der Waals surface area contributed by atoms with Gasteiger partial charge in [-0.25, -0.2) is 0 Å². The molecule has 0 aliphatic carbocycles. The molecule has 0 radical (unpaired) electrons. The number of hydrogen-bond acceptors (Lipinski definition) is 3. The topological polar surface area (TPSA) is 47.3 Å². The van der Waals surface area contributed by atoms with Gasteiger partial charge in [0, 0.05) is 23.9 Å². The molecular formula is C13H18N2O. The number of benzene rings is 1. The molecule has 0 bridgehead atoms. The Balaban J connectivity index is 2.46. The average Bonchev–Trinajstić information content (AvgIpc) is 2.33. The summed E-state index contributed by atoms with van der Waals surface area (Å²) in [5, 5.41) is 3.31. The van der Waals surface area contributed by atoms with Gasteiger partial charge < -0.3 is 15.8 Å². The Bertz CT molecular complexity index is 424. The summed E-state index contributed by atoms with van der Waals surface area (Å²) in [4.78, 5) is 0. The van der Waals surface area contributed by atoms with E-state index in [2.05, 4.69) is 17.5 Å². The molecule has 1 heterocycles. The molecule has 1 aromatic carbocycles. The number of nitrogens with two attached hydrogens (primary N) is 1. The maximum absolute atomic E-state index is 5.88. The molecule has 3 nitrogen and oxygen atoms in total. The van der Waals surface area contributed by atoms with E-state index < -0.39 is 0 Å². The third-order valence-corrected chi connectivity index (χ3v) is 3.00. The van der Waals surface area contributed by atoms with Crippen molar-refractivity contribution in [3.8, 4) is 5.75 Å². The molecule has 0 unspecified atom stereocenters. The Morgan fingerprint density at radius 2 is 2.19 bits per heavy atom. The summed E-state index contributed by atoms with van der Waals surface area (Å²) in [7, 11) is 1.69. The van der Waals surface area contributed by atoms with Crippen molar-refractivity contribution in [3.05, 3.63) is 29.3 Å². The second-order valence-electron chi connectivity index (χ2n) is 4.09. The second-order valence-corrected chi connectivity index (χ2v) is 4.09. The van der Waals surface area contributed by atoms with Crippen LogP contribution in [-0.4, -0.2) is 20.2 Å². The van der Waals surface area contributed by atoms with E-state index in [0.29, 0.717) is 0 Å². The lowest BCUT2D eigenvalue weighted by molar-refractivity contribution is 0.413. The summed E-state index contributed by atoms with van der Waals surface area (Å²) in [6.45, 7) is 3.99. The normalized spacial score (nSPS) is 15.8. The number of methoxy groups -OCH3 is 1. The van der Waals surface area contributed by atoms with E-state index in [9.17, 15) is 0 Å². The molecule has 1 aromatic rings. The fourth-order valence-corrected chi connectivity index (χ4v) is 1.99. The highest BCUT2D eigenvalue weighted by Crippen LogP contribution is 2.32. The molecule has 0 saturated heterocycles. The molecule has 1 aliphatic rings. The van der Waals surface area contributed by atoms with Crippen LogP contribution in [0.15, 0.2) is 18.2 Å². The van der Waals surface area contributed by atoms with E-state index in [-0.39, 0.29) is 0 Å². The largest absolute Gasteiger partial charge is 0.496 e. The van der Waals surface area contributed by atoms with Gasteiger partial charge in [-0.3, -0.25) is 0 Å². The van der Waals surface area contributed by atoms with Crippen molar-refractivity contribution in [2.45, 2.75) is 13.3 Å². The molecule has 86 valence electrons. The van der Waals surface area contributed by atoms with Crippen LogP contribution in [0.5, 0.6) is 5.75 Å². The Morgan fingerprint density at radius 1 is 1.38 bits per heavy atom. The Labute approximate surface area is 96.3 Å². The highest BCUT2D eigenvalue weighted by Gasteiger charge is 2.12. The Morgan fingerprint density at radius 3 is 2.81 bits per heavy atom. The number of nitrogen functional groups attached to an aromatic ring is 1. The highest BCUT2D eigenvalue weighted by molar-refractivity contribution is 5.74. The molecular weight excluding hydrogens is 200 g/mol. The van der Waals surface area contributed by atoms with Crippen molar-refractivity contribution in [2.75, 3.05) is 25.9 Å². The lowest BCUT2D eigenvalue weighted by Gasteiger charge is -2.18. The summed E-state index contributed by atoms with van der Waals surface area (Å²) in [6, 6.07) is 4.03. The van der Waals surface area contributed by atoms with E-state index in [1.165, 1.54) is 11.1 Å². The zero-order chi connectivity index (χ0) is 11.5. The molecule has 2 rings (SSSR count). The van der Waals surface area contributed by atoms with E-state index in [1.54, 1.807) is 7.11 Å². The highest BCUT2D eigenvalue weighted by atomic mass is 16.5. The second kappa shape index (κ2) is 4.58. The number of nitrogens with one attached hydrogen (secondary N) is 1. The minimum Gasteiger partial charge on any atom is -0.496 e. The Kier molecular flexibility index (Phi) is 3.15. The van der Waals surface area contributed by atoms with Gasteiger partial charge in [-0.15, -0.1) is 0 Å². The fraction of sp³-hybridized carbons (Fsp3) is 0.385. The summed E-state index contributed by atoms with van der Waals surface area (Å²) in [6.07, 6.45) is 3.26. The van der Waals surface area contributed by atoms with Crippen LogP contribution in [0.3, 0.4) is 0 Å². The predicted molar refractivity (Wildman–Crippen MR) is 67.6 cm³/mol. The standard InChI is InChI=1S/C13H18N2O/c1-9-7-11(10-3-5-15-6-4-10)13(16-2)8-12(9)14/h3,7-8,15H,4-6,14H2,1-2H3. The zero-order valence-corrected chi connectivity index (χ0v) is 9.84. The van der Waals surface area contributed by atoms with Gasteiger partial charge in [0.2, 0.25) is 0 Å². The van der Waals surface area contributed by atoms with Gasteiger partial charge in [-0.2, -0.15) is 0 Å². The third-order valence-electron chi connectivity index (χ3n) is 3.00. The van der Waals surface area contributed by atoms with Crippen LogP contribution in [-0.2, 0) is 0 Å². The van der Waals surface area contributed by atoms with Crippen LogP contribution in [0.1, 0.15) is 17.5 Å². The van der Waals surface area contributed by atoms with Crippen molar-refractivity contribution >= 4 is 11.3 Å². The lowest BCUT2D eigenvalue weighted by atomic mass is 9.97. The first-order chi connectivity index (χ1) is 7.72. The Hall–Kier alpha value is -1.48. The molecule has 0 amide bonds. The molecule has 0 saturated carbocycles. The van der Waals surface area contributed by atoms with E-state index in [1.807, 2.05) is 13.0 Å². The fourth-order valence-electron chi connectivity index (χ4n) is 1.99. The van der Waals surface area contributed by atoms with Crippen LogP contribution in [0, 0.1) is 6.92 Å². The monoisotopic (exact) mass is 218 g/mol. The molecule has 1 aliphatic heterocycles. The SMILES string of the molecule is COc1cc(N)c(C)cc1C1=CCNCC1. The zero-order valence-electron chi connectivity index (χ0n) is 9.84. The first-order valence-corrected chi connectivity index (χ1v) is 5.56. The number of anilines is 1. The van der Waals surface area contributed by atoms with Gasteiger partial charge in [0.15, 0.2) is 0 Å². The number of hydrogen-bond donors (Lipinski definition) is 2. The molecule has 0 aromatic heterocycles. The van der Waals surface area contributed by atoms with Crippen molar-refractivity contribution in [3.63, 3.8) is 0 Å². The van der Waals surface area contributed by atoms with Crippen molar-refractivity contribution in [1.82, 2.24) is 5.32 Å². The maximum Gasteiger partial charge on any atom is 0.128 e. The number of ether oxygens (including phenoxy) is 1. The third kappa shape index (κ3) is 2.04. The van der Waals surface area contributed by atoms with Gasteiger partial charge in [0.05, 0.1) is 7.11 Å². The van der Waals surface area contributed by atoms with E-state index in [0.717, 1.165) is 36.5 Å².